The summed E-state index contributed by atoms with van der Waals surface area (Å²) in [6.45, 7) is 3.61. The van der Waals surface area contributed by atoms with E-state index in [-0.39, 0.29) is 18.9 Å². The van der Waals surface area contributed by atoms with Crippen molar-refractivity contribution >= 4 is 5.91 Å². The van der Waals surface area contributed by atoms with Gasteiger partial charge in [0.15, 0.2) is 6.29 Å². The Balaban J connectivity index is 2.25. The summed E-state index contributed by atoms with van der Waals surface area (Å²) in [6.07, 6.45) is 87.2. The first-order valence-corrected chi connectivity index (χ1v) is 31.9. The van der Waals surface area contributed by atoms with E-state index in [1.54, 1.807) is 6.08 Å². The zero-order valence-corrected chi connectivity index (χ0v) is 50.7. The summed E-state index contributed by atoms with van der Waals surface area (Å²) in [5, 5.41) is 54.5. The highest BCUT2D eigenvalue weighted by atomic mass is 16.7. The Morgan fingerprint density at radius 3 is 1.19 bits per heavy atom. The highest BCUT2D eigenvalue weighted by molar-refractivity contribution is 5.76. The van der Waals surface area contributed by atoms with Crippen molar-refractivity contribution in [3.8, 4) is 0 Å². The minimum atomic E-state index is -1.59. The topological polar surface area (TPSA) is 149 Å². The van der Waals surface area contributed by atoms with Gasteiger partial charge in [-0.05, 0) is 122 Å². The number of ether oxygens (including phenoxy) is 2. The number of allylic oxidation sites excluding steroid dienone is 27. The summed E-state index contributed by atoms with van der Waals surface area (Å²) < 4.78 is 11.2. The first kappa shape index (κ1) is 74.6. The third kappa shape index (κ3) is 47.7. The number of carbonyl (C=O) groups excluding carboxylic acids is 1. The number of unbranched alkanes of at least 4 members (excludes halogenated alkanes) is 16. The normalized spacial score (nSPS) is 19.6. The van der Waals surface area contributed by atoms with Crippen LogP contribution in [0.4, 0.5) is 0 Å². The van der Waals surface area contributed by atoms with Gasteiger partial charge in [0, 0.05) is 6.42 Å². The molecule has 81 heavy (non-hydrogen) atoms. The second-order valence-electron chi connectivity index (χ2n) is 21.1. The fourth-order valence-electron chi connectivity index (χ4n) is 8.80. The average Bonchev–Trinajstić information content (AvgIpc) is 3.48. The fraction of sp³-hybridized carbons (Fsp3) is 0.597. The maximum Gasteiger partial charge on any atom is 0.220 e. The summed E-state index contributed by atoms with van der Waals surface area (Å²) in [5.41, 5.74) is 0. The first-order valence-electron chi connectivity index (χ1n) is 31.9. The van der Waals surface area contributed by atoms with Crippen molar-refractivity contribution in [2.75, 3.05) is 13.2 Å². The van der Waals surface area contributed by atoms with Crippen LogP contribution in [-0.2, 0) is 14.3 Å². The van der Waals surface area contributed by atoms with Crippen LogP contribution in [0.15, 0.2) is 170 Å². The fourth-order valence-corrected chi connectivity index (χ4v) is 8.80. The lowest BCUT2D eigenvalue weighted by molar-refractivity contribution is -0.302. The van der Waals surface area contributed by atoms with Crippen LogP contribution in [0.3, 0.4) is 0 Å². The third-order valence-corrected chi connectivity index (χ3v) is 13.8. The maximum absolute atomic E-state index is 13.1. The van der Waals surface area contributed by atoms with E-state index < -0.39 is 49.5 Å². The molecule has 1 amide bonds. The molecule has 6 N–H and O–H groups in total. The summed E-state index contributed by atoms with van der Waals surface area (Å²) in [6, 6.07) is -0.859. The summed E-state index contributed by atoms with van der Waals surface area (Å²) in [5.74, 6) is -0.236. The number of amides is 1. The lowest BCUT2D eigenvalue weighted by atomic mass is 9.99. The molecule has 1 heterocycles. The van der Waals surface area contributed by atoms with E-state index in [1.165, 1.54) is 83.5 Å². The van der Waals surface area contributed by atoms with Crippen molar-refractivity contribution in [3.05, 3.63) is 170 Å². The quantitative estimate of drug-likeness (QED) is 0.0261. The summed E-state index contributed by atoms with van der Waals surface area (Å²) in [4.78, 5) is 13.1. The second-order valence-corrected chi connectivity index (χ2v) is 21.1. The first-order chi connectivity index (χ1) is 39.8. The number of nitrogens with one attached hydrogen (secondary N) is 1. The Bertz CT molecular complexity index is 1880. The van der Waals surface area contributed by atoms with Crippen LogP contribution in [-0.4, -0.2) is 87.5 Å². The number of hydrogen-bond donors (Lipinski definition) is 6. The predicted octanol–water partition coefficient (Wildman–Crippen LogP) is 17.0. The van der Waals surface area contributed by atoms with Crippen LogP contribution in [0.1, 0.15) is 219 Å². The van der Waals surface area contributed by atoms with Crippen molar-refractivity contribution in [2.45, 2.75) is 262 Å². The molecule has 0 saturated carbocycles. The van der Waals surface area contributed by atoms with Gasteiger partial charge in [0.2, 0.25) is 5.91 Å². The summed E-state index contributed by atoms with van der Waals surface area (Å²) >= 11 is 0. The van der Waals surface area contributed by atoms with Crippen molar-refractivity contribution in [3.63, 3.8) is 0 Å². The molecule has 1 rings (SSSR count). The Hall–Kier alpha value is -4.45. The molecule has 0 bridgehead atoms. The van der Waals surface area contributed by atoms with E-state index in [0.717, 1.165) is 109 Å². The number of carbonyl (C=O) groups is 1. The monoisotopic (exact) mass is 1120 g/mol. The molecule has 0 aromatic rings. The van der Waals surface area contributed by atoms with Gasteiger partial charge in [0.25, 0.3) is 0 Å². The standard InChI is InChI=1S/C72H115NO8/c1-3-5-7-9-11-13-15-17-19-21-23-24-25-26-27-28-29-30-31-32-33-34-35-36-37-38-39-40-41-42-44-46-48-50-52-54-56-58-60-62-68(76)73-65(64-80-72-71(79)70(78)69(77)67(63-74)81-72)66(75)61-59-57-55-53-51-49-47-45-43-22-20-18-16-14-12-10-8-6-4-2/h5,7,11,13,17,19,23-24,26-27,29-30,32-33,35-36,38-39,41-42,46,48,51-54,59,61,65-67,69-72,74-75,77-79H,3-4,6,8-10,12,14-16,18,20-22,25,28,31,34,37,40,43-45,47,49-50,55-58,60,62-64H2,1-2H3,(H,73,76)/b7-5-,13-11-,19-17-,24-23-,27-26-,30-29-,33-32-,36-35-,39-38-,42-41-,48-46-,53-51+,54-52-,61-59+. The minimum absolute atomic E-state index is 0.229. The highest BCUT2D eigenvalue weighted by Crippen LogP contribution is 2.23. The van der Waals surface area contributed by atoms with E-state index in [4.69, 9.17) is 9.47 Å². The van der Waals surface area contributed by atoms with Gasteiger partial charge in [-0.1, -0.05) is 261 Å². The van der Waals surface area contributed by atoms with Gasteiger partial charge >= 0.3 is 0 Å². The van der Waals surface area contributed by atoms with Crippen molar-refractivity contribution in [1.29, 1.82) is 0 Å². The van der Waals surface area contributed by atoms with Crippen LogP contribution in [0.25, 0.3) is 0 Å². The molecular formula is C72H115NO8. The third-order valence-electron chi connectivity index (χ3n) is 13.8. The molecule has 7 unspecified atom stereocenters. The molecule has 0 aromatic carbocycles. The lowest BCUT2D eigenvalue weighted by Gasteiger charge is -2.40. The largest absolute Gasteiger partial charge is 0.394 e. The van der Waals surface area contributed by atoms with Gasteiger partial charge in [-0.2, -0.15) is 0 Å². The molecule has 1 saturated heterocycles. The minimum Gasteiger partial charge on any atom is -0.394 e. The van der Waals surface area contributed by atoms with Crippen molar-refractivity contribution in [1.82, 2.24) is 5.32 Å². The van der Waals surface area contributed by atoms with Crippen LogP contribution in [0.2, 0.25) is 0 Å². The van der Waals surface area contributed by atoms with Gasteiger partial charge in [-0.25, -0.2) is 0 Å². The van der Waals surface area contributed by atoms with E-state index in [2.05, 4.69) is 177 Å². The maximum atomic E-state index is 13.1. The highest BCUT2D eigenvalue weighted by Gasteiger charge is 2.44. The van der Waals surface area contributed by atoms with E-state index in [0.29, 0.717) is 6.42 Å². The lowest BCUT2D eigenvalue weighted by Crippen LogP contribution is -2.60. The molecule has 1 aliphatic rings. The van der Waals surface area contributed by atoms with Gasteiger partial charge in [-0.3, -0.25) is 4.79 Å². The molecule has 9 heteroatoms. The number of hydrogen-bond acceptors (Lipinski definition) is 8. The zero-order valence-electron chi connectivity index (χ0n) is 50.7. The molecule has 1 fully saturated rings. The molecule has 0 aromatic heterocycles. The SMILES string of the molecule is CC/C=C\C/C=C\C/C=C\C/C=C\C/C=C\C/C=C\C/C=C\C/C=C\C/C=C\C/C=C\C/C=C\C/C=C\CCCCC(=O)NC(COC1OC(CO)C(O)C(O)C1O)C(O)/C=C/CC/C=C/CCCCCCCCCCCCCCC. The van der Waals surface area contributed by atoms with Crippen molar-refractivity contribution < 1.29 is 39.8 Å². The van der Waals surface area contributed by atoms with Gasteiger partial charge in [0.05, 0.1) is 25.4 Å². The molecular weight excluding hydrogens is 1010 g/mol. The smallest absolute Gasteiger partial charge is 0.220 e. The molecule has 0 aliphatic carbocycles. The van der Waals surface area contributed by atoms with Crippen LogP contribution in [0, 0.1) is 0 Å². The zero-order chi connectivity index (χ0) is 58.6. The second kappa shape index (κ2) is 58.7. The molecule has 0 radical (unpaired) electrons. The van der Waals surface area contributed by atoms with E-state index in [1.807, 2.05) is 6.08 Å². The van der Waals surface area contributed by atoms with Gasteiger partial charge < -0.3 is 40.3 Å². The molecule has 7 atom stereocenters. The number of aliphatic hydroxyl groups excluding tert-OH is 5. The Labute approximate surface area is 494 Å². The van der Waals surface area contributed by atoms with Crippen molar-refractivity contribution in [2.24, 2.45) is 0 Å². The van der Waals surface area contributed by atoms with Crippen LogP contribution in [0.5, 0.6) is 0 Å². The summed E-state index contributed by atoms with van der Waals surface area (Å²) in [7, 11) is 0. The molecule has 0 spiro atoms. The van der Waals surface area contributed by atoms with E-state index >= 15 is 0 Å². The van der Waals surface area contributed by atoms with Crippen LogP contribution < -0.4 is 5.32 Å². The predicted molar refractivity (Wildman–Crippen MR) is 345 cm³/mol. The molecule has 1 aliphatic heterocycles. The Kier molecular flexibility index (Phi) is 54.1. The molecule has 456 valence electrons. The average molecular weight is 1120 g/mol. The number of aliphatic hydroxyl groups is 5. The van der Waals surface area contributed by atoms with E-state index in [9.17, 15) is 30.3 Å². The Morgan fingerprint density at radius 1 is 0.432 bits per heavy atom. The Morgan fingerprint density at radius 2 is 0.778 bits per heavy atom. The molecule has 9 nitrogen and oxygen atoms in total. The number of rotatable bonds is 52. The van der Waals surface area contributed by atoms with Gasteiger partial charge in [-0.15, -0.1) is 0 Å². The van der Waals surface area contributed by atoms with Gasteiger partial charge in [0.1, 0.15) is 24.4 Å². The van der Waals surface area contributed by atoms with Crippen LogP contribution >= 0.6 is 0 Å².